The van der Waals surface area contributed by atoms with Crippen molar-refractivity contribution in [1.29, 1.82) is 0 Å². The van der Waals surface area contributed by atoms with E-state index in [4.69, 9.17) is 18.9 Å². The number of rotatable bonds is 12. The van der Waals surface area contributed by atoms with Gasteiger partial charge in [-0.15, -0.1) is 0 Å². The van der Waals surface area contributed by atoms with Crippen molar-refractivity contribution >= 4 is 12.0 Å². The number of aromatic nitrogens is 1. The number of carbonyl (C=O) groups excluding carboxylic acids is 1. The van der Waals surface area contributed by atoms with Gasteiger partial charge in [-0.2, -0.15) is 0 Å². The van der Waals surface area contributed by atoms with E-state index in [-0.39, 0.29) is 12.8 Å². The van der Waals surface area contributed by atoms with Crippen molar-refractivity contribution in [3.05, 3.63) is 58.4 Å². The lowest BCUT2D eigenvalue weighted by molar-refractivity contribution is -0.138. The lowest BCUT2D eigenvalue weighted by Gasteiger charge is -2.16. The summed E-state index contributed by atoms with van der Waals surface area (Å²) in [6.45, 7) is 5.00. The molecule has 0 spiro atoms. The second-order valence-electron chi connectivity index (χ2n) is 7.86. The fourth-order valence-corrected chi connectivity index (χ4v) is 3.96. The quantitative estimate of drug-likeness (QED) is 0.199. The number of hydrogen-bond donors (Lipinski definition) is 0. The fraction of sp³-hybridized carbons (Fsp3) is 0.462. The minimum atomic E-state index is -0.281. The van der Waals surface area contributed by atoms with Crippen molar-refractivity contribution in [2.45, 2.75) is 52.4 Å². The number of unbranched alkanes of at least 4 members (excludes halogenated alkanes) is 2. The van der Waals surface area contributed by atoms with Crippen molar-refractivity contribution in [3.8, 4) is 11.5 Å². The first-order chi connectivity index (χ1) is 15.6. The number of methoxy groups -OCH3 is 1. The van der Waals surface area contributed by atoms with Gasteiger partial charge in [-0.25, -0.2) is 4.79 Å². The molecule has 2 heterocycles. The van der Waals surface area contributed by atoms with Gasteiger partial charge in [-0.1, -0.05) is 12.5 Å². The predicted molar refractivity (Wildman–Crippen MR) is 124 cm³/mol. The largest absolute Gasteiger partial charge is 0.493 e. The lowest BCUT2D eigenvalue weighted by Crippen LogP contribution is -2.09. The molecule has 0 radical (unpaired) electrons. The molecular weight excluding hydrogens is 406 g/mol. The van der Waals surface area contributed by atoms with Crippen LogP contribution in [0.1, 0.15) is 54.9 Å². The summed E-state index contributed by atoms with van der Waals surface area (Å²) in [6.07, 6.45) is 11.0. The second kappa shape index (κ2) is 12.2. The number of aryl methyl sites for hydroxylation is 1. The molecule has 1 aromatic heterocycles. The Kier molecular flexibility index (Phi) is 9.11. The molecule has 2 aromatic rings. The number of fused-ring (bicyclic) bond motifs is 1. The molecule has 0 aliphatic carbocycles. The molecule has 0 fully saturated rings. The summed E-state index contributed by atoms with van der Waals surface area (Å²) in [4.78, 5) is 16.8. The average Bonchev–Trinajstić information content (AvgIpc) is 3.27. The van der Waals surface area contributed by atoms with Crippen LogP contribution in [0.2, 0.25) is 0 Å². The van der Waals surface area contributed by atoms with Crippen molar-refractivity contribution in [3.63, 3.8) is 0 Å². The molecule has 6 nitrogen and oxygen atoms in total. The molecule has 3 rings (SSSR count). The molecule has 0 amide bonds. The van der Waals surface area contributed by atoms with E-state index in [9.17, 15) is 4.79 Å². The van der Waals surface area contributed by atoms with Gasteiger partial charge in [0, 0.05) is 42.6 Å². The van der Waals surface area contributed by atoms with Gasteiger partial charge < -0.3 is 18.9 Å². The van der Waals surface area contributed by atoms with E-state index in [1.54, 1.807) is 13.3 Å². The SMILES string of the molecule is CCOC(=O)/C(=C/c1cc2c(c(C)c1OCOC)CCO2)CCCCCc1cccnc1. The molecule has 0 atom stereocenters. The first-order valence-electron chi connectivity index (χ1n) is 11.3. The van der Waals surface area contributed by atoms with Gasteiger partial charge in [0.1, 0.15) is 11.5 Å². The Morgan fingerprint density at radius 3 is 2.91 bits per heavy atom. The second-order valence-corrected chi connectivity index (χ2v) is 7.86. The number of benzene rings is 1. The standard InChI is InChI=1S/C26H33NO5/c1-4-30-26(28)21(11-7-5-6-9-20-10-8-13-27-17-20)15-22-16-24-23(12-14-31-24)19(2)25(22)32-18-29-3/h8,10,13,15-17H,4-7,9,11-12,14,18H2,1-3H3/b21-15+. The highest BCUT2D eigenvalue weighted by Gasteiger charge is 2.22. The van der Waals surface area contributed by atoms with Crippen LogP contribution in [0.25, 0.3) is 6.08 Å². The van der Waals surface area contributed by atoms with Gasteiger partial charge in [0.25, 0.3) is 0 Å². The number of nitrogens with zero attached hydrogens (tertiary/aromatic N) is 1. The Bertz CT molecular complexity index is 924. The summed E-state index contributed by atoms with van der Waals surface area (Å²) in [5.74, 6) is 1.31. The third-order valence-corrected chi connectivity index (χ3v) is 5.57. The van der Waals surface area contributed by atoms with E-state index in [1.165, 1.54) is 5.56 Å². The van der Waals surface area contributed by atoms with Crippen molar-refractivity contribution < 1.29 is 23.7 Å². The molecule has 0 unspecified atom stereocenters. The number of esters is 1. The fourth-order valence-electron chi connectivity index (χ4n) is 3.96. The first kappa shape index (κ1) is 23.8. The minimum Gasteiger partial charge on any atom is -0.493 e. The summed E-state index contributed by atoms with van der Waals surface area (Å²) in [7, 11) is 1.59. The van der Waals surface area contributed by atoms with E-state index < -0.39 is 0 Å². The van der Waals surface area contributed by atoms with Crippen LogP contribution in [-0.4, -0.2) is 38.1 Å². The zero-order valence-electron chi connectivity index (χ0n) is 19.3. The average molecular weight is 440 g/mol. The monoisotopic (exact) mass is 439 g/mol. The van der Waals surface area contributed by atoms with Gasteiger partial charge in [-0.05, 0) is 68.9 Å². The third-order valence-electron chi connectivity index (χ3n) is 5.57. The number of pyridine rings is 1. The minimum absolute atomic E-state index is 0.143. The number of carbonyl (C=O) groups is 1. The number of ether oxygens (including phenoxy) is 4. The zero-order valence-corrected chi connectivity index (χ0v) is 19.3. The van der Waals surface area contributed by atoms with Gasteiger partial charge >= 0.3 is 5.97 Å². The van der Waals surface area contributed by atoms with Crippen LogP contribution in [0, 0.1) is 6.92 Å². The maximum absolute atomic E-state index is 12.7. The molecule has 1 aliphatic heterocycles. The molecule has 1 aromatic carbocycles. The van der Waals surface area contributed by atoms with Crippen LogP contribution >= 0.6 is 0 Å². The molecule has 0 saturated carbocycles. The summed E-state index contributed by atoms with van der Waals surface area (Å²) in [5, 5.41) is 0. The summed E-state index contributed by atoms with van der Waals surface area (Å²) in [6, 6.07) is 6.02. The van der Waals surface area contributed by atoms with Gasteiger partial charge in [0.15, 0.2) is 6.79 Å². The van der Waals surface area contributed by atoms with E-state index in [0.717, 1.165) is 60.3 Å². The Labute approximate surface area is 190 Å². The molecule has 0 saturated heterocycles. The van der Waals surface area contributed by atoms with E-state index in [2.05, 4.69) is 11.1 Å². The van der Waals surface area contributed by atoms with Crippen LogP contribution in [0.15, 0.2) is 36.2 Å². The van der Waals surface area contributed by atoms with Gasteiger partial charge in [-0.3, -0.25) is 4.98 Å². The van der Waals surface area contributed by atoms with Crippen LogP contribution < -0.4 is 9.47 Å². The highest BCUT2D eigenvalue weighted by Crippen LogP contribution is 2.38. The van der Waals surface area contributed by atoms with Crippen molar-refractivity contribution in [2.24, 2.45) is 0 Å². The first-order valence-corrected chi connectivity index (χ1v) is 11.3. The zero-order chi connectivity index (χ0) is 22.8. The van der Waals surface area contributed by atoms with E-state index in [0.29, 0.717) is 25.2 Å². The topological polar surface area (TPSA) is 66.9 Å². The Morgan fingerprint density at radius 2 is 2.16 bits per heavy atom. The molecule has 0 bridgehead atoms. The summed E-state index contributed by atoms with van der Waals surface area (Å²) < 4.78 is 22.1. The van der Waals surface area contributed by atoms with E-state index in [1.807, 2.05) is 38.3 Å². The predicted octanol–water partition coefficient (Wildman–Crippen LogP) is 5.06. The van der Waals surface area contributed by atoms with Crippen LogP contribution in [0.4, 0.5) is 0 Å². The van der Waals surface area contributed by atoms with Crippen molar-refractivity contribution in [1.82, 2.24) is 4.98 Å². The van der Waals surface area contributed by atoms with E-state index >= 15 is 0 Å². The molecular formula is C26H33NO5. The van der Waals surface area contributed by atoms with Crippen molar-refractivity contribution in [2.75, 3.05) is 27.1 Å². The maximum Gasteiger partial charge on any atom is 0.334 e. The van der Waals surface area contributed by atoms with Crippen LogP contribution in [-0.2, 0) is 27.1 Å². The Morgan fingerprint density at radius 1 is 1.28 bits per heavy atom. The smallest absolute Gasteiger partial charge is 0.334 e. The third kappa shape index (κ3) is 6.33. The number of hydrogen-bond acceptors (Lipinski definition) is 6. The molecule has 1 aliphatic rings. The Hall–Kier alpha value is -2.86. The summed E-state index contributed by atoms with van der Waals surface area (Å²) in [5.41, 5.74) is 4.89. The van der Waals surface area contributed by atoms with Gasteiger partial charge in [0.2, 0.25) is 0 Å². The lowest BCUT2D eigenvalue weighted by atomic mass is 9.97. The maximum atomic E-state index is 12.7. The molecule has 172 valence electrons. The highest BCUT2D eigenvalue weighted by molar-refractivity contribution is 5.94. The van der Waals surface area contributed by atoms with Crippen LogP contribution in [0.5, 0.6) is 11.5 Å². The molecule has 32 heavy (non-hydrogen) atoms. The Balaban J connectivity index is 1.75. The molecule has 0 N–H and O–H groups in total. The normalized spacial score (nSPS) is 12.9. The molecule has 6 heteroatoms. The summed E-state index contributed by atoms with van der Waals surface area (Å²) >= 11 is 0. The van der Waals surface area contributed by atoms with Crippen LogP contribution in [0.3, 0.4) is 0 Å². The highest BCUT2D eigenvalue weighted by atomic mass is 16.7. The van der Waals surface area contributed by atoms with Gasteiger partial charge in [0.05, 0.1) is 13.2 Å².